The first kappa shape index (κ1) is 9.07. The van der Waals surface area contributed by atoms with Crippen LogP contribution in [0.1, 0.15) is 13.8 Å². The Bertz CT molecular complexity index is 581. The molecule has 0 spiro atoms. The van der Waals surface area contributed by atoms with Crippen molar-refractivity contribution in [1.29, 1.82) is 0 Å². The minimum atomic E-state index is 0.684. The van der Waals surface area contributed by atoms with E-state index < -0.39 is 0 Å². The quantitative estimate of drug-likeness (QED) is 0.569. The van der Waals surface area contributed by atoms with Gasteiger partial charge < -0.3 is 4.98 Å². The summed E-state index contributed by atoms with van der Waals surface area (Å²) in [4.78, 5) is 7.59. The van der Waals surface area contributed by atoms with Gasteiger partial charge in [0.2, 0.25) is 0 Å². The van der Waals surface area contributed by atoms with Gasteiger partial charge in [0.15, 0.2) is 0 Å². The molecule has 2 rings (SSSR count). The smallest absolute Gasteiger partial charge is 0.116 e. The number of H-pyrrole nitrogens is 1. The van der Waals surface area contributed by atoms with Crippen LogP contribution in [0.4, 0.5) is 0 Å². The summed E-state index contributed by atoms with van der Waals surface area (Å²) >= 11 is 0. The molecule has 1 N–H and O–H groups in total. The van der Waals surface area contributed by atoms with Crippen LogP contribution in [0.3, 0.4) is 0 Å². The number of nitrogens with zero attached hydrogens (tertiary/aromatic N) is 1. The average Bonchev–Trinajstić information content (AvgIpc) is 2.54. The molecule has 0 unspecified atom stereocenters. The van der Waals surface area contributed by atoms with Crippen molar-refractivity contribution in [2.45, 2.75) is 13.8 Å². The normalized spacial score (nSPS) is 14.1. The summed E-state index contributed by atoms with van der Waals surface area (Å²) in [7, 11) is 5.66. The van der Waals surface area contributed by atoms with Gasteiger partial charge in [-0.15, -0.1) is 0 Å². The Balaban J connectivity index is 3.03. The largest absolute Gasteiger partial charge is 0.353 e. The van der Waals surface area contributed by atoms with Crippen molar-refractivity contribution in [2.75, 3.05) is 0 Å². The second-order valence-electron chi connectivity index (χ2n) is 3.19. The average molecular weight is 182 g/mol. The van der Waals surface area contributed by atoms with Crippen LogP contribution < -0.4 is 16.0 Å². The summed E-state index contributed by atoms with van der Waals surface area (Å²) < 4.78 is 0. The third-order valence-electron chi connectivity index (χ3n) is 2.30. The van der Waals surface area contributed by atoms with E-state index in [1.165, 1.54) is 0 Å². The molecule has 14 heavy (non-hydrogen) atoms. The van der Waals surface area contributed by atoms with E-state index in [1.807, 2.05) is 26.0 Å². The second-order valence-corrected chi connectivity index (χ2v) is 3.19. The summed E-state index contributed by atoms with van der Waals surface area (Å²) in [6, 6.07) is 1.91. The molecular formula is C11H11BN2. The van der Waals surface area contributed by atoms with E-state index in [2.05, 4.69) is 16.0 Å². The topological polar surface area (TPSA) is 28.7 Å². The maximum absolute atomic E-state index is 5.66. The first-order valence-electron chi connectivity index (χ1n) is 4.62. The maximum atomic E-state index is 5.66. The van der Waals surface area contributed by atoms with Crippen LogP contribution in [-0.4, -0.2) is 17.8 Å². The summed E-state index contributed by atoms with van der Waals surface area (Å²) in [5.41, 5.74) is 2.66. The van der Waals surface area contributed by atoms with Crippen LogP contribution in [-0.2, 0) is 0 Å². The Hall–Kier alpha value is -1.51. The molecular weight excluding hydrogens is 171 g/mol. The molecule has 0 amide bonds. The lowest BCUT2D eigenvalue weighted by Gasteiger charge is -1.91. The zero-order valence-corrected chi connectivity index (χ0v) is 8.33. The maximum Gasteiger partial charge on any atom is 0.116 e. The SMILES string of the molecule is [B]c1cnc2c(=C/C)/c(=C\C)[nH]c2c1. The highest BCUT2D eigenvalue weighted by Crippen LogP contribution is 1.97. The van der Waals surface area contributed by atoms with Crippen molar-refractivity contribution in [3.63, 3.8) is 0 Å². The predicted molar refractivity (Wildman–Crippen MR) is 61.0 cm³/mol. The molecule has 2 heterocycles. The van der Waals surface area contributed by atoms with Gasteiger partial charge in [-0.05, 0) is 19.9 Å². The summed E-state index contributed by atoms with van der Waals surface area (Å²) in [5, 5.41) is 2.24. The van der Waals surface area contributed by atoms with Gasteiger partial charge in [-0.2, -0.15) is 0 Å². The first-order valence-corrected chi connectivity index (χ1v) is 4.62. The predicted octanol–water partition coefficient (Wildman–Crippen LogP) is -0.0425. The molecule has 0 saturated heterocycles. The molecule has 2 radical (unpaired) electrons. The lowest BCUT2D eigenvalue weighted by atomic mass is 9.98. The van der Waals surface area contributed by atoms with Crippen LogP contribution >= 0.6 is 0 Å². The van der Waals surface area contributed by atoms with Crippen LogP contribution in [0.5, 0.6) is 0 Å². The number of hydrogen-bond donors (Lipinski definition) is 1. The van der Waals surface area contributed by atoms with Crippen molar-refractivity contribution in [1.82, 2.24) is 9.97 Å². The van der Waals surface area contributed by atoms with Crippen molar-refractivity contribution in [3.05, 3.63) is 22.8 Å². The third kappa shape index (κ3) is 1.25. The highest BCUT2D eigenvalue weighted by molar-refractivity contribution is 6.32. The third-order valence-corrected chi connectivity index (χ3v) is 2.30. The van der Waals surface area contributed by atoms with Gasteiger partial charge in [0.05, 0.1) is 11.0 Å². The minimum Gasteiger partial charge on any atom is -0.353 e. The number of aromatic amines is 1. The Morgan fingerprint density at radius 1 is 1.36 bits per heavy atom. The van der Waals surface area contributed by atoms with Gasteiger partial charge in [0.25, 0.3) is 0 Å². The zero-order chi connectivity index (χ0) is 10.1. The molecule has 2 aromatic rings. The van der Waals surface area contributed by atoms with Gasteiger partial charge >= 0.3 is 0 Å². The fraction of sp³-hybridized carbons (Fsp3) is 0.182. The van der Waals surface area contributed by atoms with Gasteiger partial charge in [-0.3, -0.25) is 4.98 Å². The fourth-order valence-electron chi connectivity index (χ4n) is 1.65. The van der Waals surface area contributed by atoms with Gasteiger partial charge in [-0.1, -0.05) is 17.6 Å². The van der Waals surface area contributed by atoms with E-state index in [9.17, 15) is 0 Å². The molecule has 0 aliphatic heterocycles. The molecule has 0 aromatic carbocycles. The molecule has 68 valence electrons. The second kappa shape index (κ2) is 3.33. The molecule has 2 aromatic heterocycles. The summed E-state index contributed by atoms with van der Waals surface area (Å²) in [5.74, 6) is 0. The van der Waals surface area contributed by atoms with Crippen LogP contribution in [0.25, 0.3) is 23.2 Å². The van der Waals surface area contributed by atoms with Crippen LogP contribution in [0, 0.1) is 0 Å². The van der Waals surface area contributed by atoms with Gasteiger partial charge in [-0.25, -0.2) is 0 Å². The van der Waals surface area contributed by atoms with Gasteiger partial charge in [0.1, 0.15) is 7.85 Å². The molecule has 0 saturated carbocycles. The summed E-state index contributed by atoms with van der Waals surface area (Å²) in [6.45, 7) is 4.01. The minimum absolute atomic E-state index is 0.684. The van der Waals surface area contributed by atoms with E-state index in [-0.39, 0.29) is 0 Å². The first-order chi connectivity index (χ1) is 6.76. The number of fused-ring (bicyclic) bond motifs is 1. The number of rotatable bonds is 0. The summed E-state index contributed by atoms with van der Waals surface area (Å²) in [6.07, 6.45) is 5.77. The molecule has 0 fully saturated rings. The molecule has 2 nitrogen and oxygen atoms in total. The molecule has 3 heteroatoms. The Kier molecular flexibility index (Phi) is 2.16. The lowest BCUT2D eigenvalue weighted by molar-refractivity contribution is 1.35. The van der Waals surface area contributed by atoms with Gasteiger partial charge in [0, 0.05) is 16.8 Å². The van der Waals surface area contributed by atoms with Crippen molar-refractivity contribution in [3.8, 4) is 0 Å². The fourth-order valence-corrected chi connectivity index (χ4v) is 1.65. The highest BCUT2D eigenvalue weighted by Gasteiger charge is 1.99. The van der Waals surface area contributed by atoms with E-state index in [0.717, 1.165) is 21.6 Å². The zero-order valence-electron chi connectivity index (χ0n) is 8.33. The van der Waals surface area contributed by atoms with E-state index in [1.54, 1.807) is 6.20 Å². The standard InChI is InChI=1S/C11H11BN2/c1-3-8-9(4-2)14-10-5-7(12)6-13-11(8)10/h3-6,14H,1-2H3/b8-3+,9-4+. The molecule has 0 atom stereocenters. The van der Waals surface area contributed by atoms with Crippen LogP contribution in [0.2, 0.25) is 0 Å². The van der Waals surface area contributed by atoms with E-state index in [0.29, 0.717) is 5.46 Å². The van der Waals surface area contributed by atoms with Crippen molar-refractivity contribution in [2.24, 2.45) is 0 Å². The number of nitrogens with one attached hydrogen (secondary N) is 1. The number of pyridine rings is 1. The Morgan fingerprint density at radius 3 is 2.79 bits per heavy atom. The Labute approximate surface area is 83.8 Å². The molecule has 0 bridgehead atoms. The van der Waals surface area contributed by atoms with Crippen molar-refractivity contribution >= 4 is 36.5 Å². The Morgan fingerprint density at radius 2 is 2.14 bits per heavy atom. The van der Waals surface area contributed by atoms with Crippen molar-refractivity contribution < 1.29 is 0 Å². The number of hydrogen-bond acceptors (Lipinski definition) is 1. The van der Waals surface area contributed by atoms with E-state index in [4.69, 9.17) is 7.85 Å². The molecule has 0 aliphatic carbocycles. The number of aromatic nitrogens is 2. The lowest BCUT2D eigenvalue weighted by Crippen LogP contribution is -2.22. The van der Waals surface area contributed by atoms with Crippen LogP contribution in [0.15, 0.2) is 12.3 Å². The molecule has 0 aliphatic rings. The highest BCUT2D eigenvalue weighted by atomic mass is 14.8. The van der Waals surface area contributed by atoms with E-state index >= 15 is 0 Å². The monoisotopic (exact) mass is 182 g/mol.